The summed E-state index contributed by atoms with van der Waals surface area (Å²) in [5, 5.41) is 21.2. The molecule has 21 heavy (non-hydrogen) atoms. The number of anilines is 1. The van der Waals surface area contributed by atoms with Crippen LogP contribution in [0, 0.1) is 29.6 Å². The van der Waals surface area contributed by atoms with Gasteiger partial charge in [0.1, 0.15) is 5.75 Å². The summed E-state index contributed by atoms with van der Waals surface area (Å²) in [6.45, 7) is 2.50. The Kier molecular flexibility index (Phi) is 4.43. The number of hydrogen-bond donors (Lipinski definition) is 1. The lowest BCUT2D eigenvalue weighted by atomic mass is 10.1. The van der Waals surface area contributed by atoms with Gasteiger partial charge in [-0.05, 0) is 42.8 Å². The first-order chi connectivity index (χ1) is 10.2. The monoisotopic (exact) mass is 277 g/mol. The third-order valence-corrected chi connectivity index (χ3v) is 3.25. The molecule has 2 rings (SSSR count). The van der Waals surface area contributed by atoms with E-state index in [9.17, 15) is 0 Å². The van der Waals surface area contributed by atoms with Crippen LogP contribution in [0.2, 0.25) is 0 Å². The van der Waals surface area contributed by atoms with Crippen molar-refractivity contribution in [3.8, 4) is 17.9 Å². The molecule has 0 atom stereocenters. The van der Waals surface area contributed by atoms with E-state index in [-0.39, 0.29) is 0 Å². The zero-order valence-electron chi connectivity index (χ0n) is 12.0. The van der Waals surface area contributed by atoms with E-state index >= 15 is 0 Å². The molecule has 4 nitrogen and oxygen atoms in total. The fourth-order valence-electron chi connectivity index (χ4n) is 2.06. The number of ether oxygens (including phenoxy) is 1. The van der Waals surface area contributed by atoms with Gasteiger partial charge in [0, 0.05) is 17.8 Å². The average Bonchev–Trinajstić information content (AvgIpc) is 2.53. The van der Waals surface area contributed by atoms with E-state index in [1.54, 1.807) is 31.4 Å². The highest BCUT2D eigenvalue weighted by Gasteiger charge is 2.06. The first kappa shape index (κ1) is 14.4. The maximum atomic E-state index is 8.98. The number of nitrogens with zero attached hydrogens (tertiary/aromatic N) is 2. The molecule has 0 aliphatic rings. The fourth-order valence-corrected chi connectivity index (χ4v) is 2.06. The number of nitriles is 2. The number of rotatable bonds is 4. The fraction of sp³-hybridized carbons (Fsp3) is 0.176. The molecule has 0 unspecified atom stereocenters. The Hall–Kier alpha value is -2.98. The van der Waals surface area contributed by atoms with Crippen LogP contribution in [-0.2, 0) is 6.54 Å². The molecule has 2 aromatic rings. The molecule has 0 radical (unpaired) electrons. The van der Waals surface area contributed by atoms with Crippen LogP contribution < -0.4 is 10.1 Å². The summed E-state index contributed by atoms with van der Waals surface area (Å²) in [6, 6.07) is 15.1. The Bertz CT molecular complexity index is 739. The third-order valence-electron chi connectivity index (χ3n) is 3.25. The maximum absolute atomic E-state index is 8.98. The zero-order chi connectivity index (χ0) is 15.2. The Morgan fingerprint density at radius 3 is 2.38 bits per heavy atom. The van der Waals surface area contributed by atoms with Crippen LogP contribution >= 0.6 is 0 Å². The van der Waals surface area contributed by atoms with Crippen LogP contribution in [0.5, 0.6) is 5.75 Å². The van der Waals surface area contributed by atoms with Crippen LogP contribution in [-0.4, -0.2) is 7.11 Å². The van der Waals surface area contributed by atoms with Gasteiger partial charge in [0.15, 0.2) is 0 Å². The molecular weight excluding hydrogens is 262 g/mol. The molecule has 0 spiro atoms. The van der Waals surface area contributed by atoms with E-state index < -0.39 is 0 Å². The minimum atomic E-state index is 0.522. The Balaban J connectivity index is 2.24. The number of aryl methyl sites for hydroxylation is 1. The van der Waals surface area contributed by atoms with Crippen molar-refractivity contribution in [3.05, 3.63) is 58.7 Å². The van der Waals surface area contributed by atoms with Crippen molar-refractivity contribution >= 4 is 5.69 Å². The molecule has 0 aliphatic carbocycles. The summed E-state index contributed by atoms with van der Waals surface area (Å²) in [4.78, 5) is 0. The lowest BCUT2D eigenvalue weighted by Crippen LogP contribution is -2.03. The first-order valence-corrected chi connectivity index (χ1v) is 6.49. The molecule has 0 bridgehead atoms. The molecule has 0 amide bonds. The summed E-state index contributed by atoms with van der Waals surface area (Å²) in [5.41, 5.74) is 4.07. The molecule has 0 saturated heterocycles. The molecule has 0 fully saturated rings. The van der Waals surface area contributed by atoms with Crippen molar-refractivity contribution in [2.75, 3.05) is 12.4 Å². The highest BCUT2D eigenvalue weighted by atomic mass is 16.5. The van der Waals surface area contributed by atoms with E-state index in [4.69, 9.17) is 15.3 Å². The number of hydrogen-bond acceptors (Lipinski definition) is 4. The summed E-state index contributed by atoms with van der Waals surface area (Å²) in [7, 11) is 1.60. The summed E-state index contributed by atoms with van der Waals surface area (Å²) in [5.74, 6) is 0.732. The minimum Gasteiger partial charge on any atom is -0.496 e. The predicted molar refractivity (Wildman–Crippen MR) is 80.9 cm³/mol. The highest BCUT2D eigenvalue weighted by Crippen LogP contribution is 2.23. The molecule has 0 aromatic heterocycles. The van der Waals surface area contributed by atoms with Gasteiger partial charge < -0.3 is 10.1 Å². The van der Waals surface area contributed by atoms with Gasteiger partial charge in [-0.2, -0.15) is 10.5 Å². The second-order valence-electron chi connectivity index (χ2n) is 4.63. The Morgan fingerprint density at radius 2 is 1.71 bits per heavy atom. The van der Waals surface area contributed by atoms with Gasteiger partial charge in [-0.15, -0.1) is 0 Å². The molecule has 0 aliphatic heterocycles. The van der Waals surface area contributed by atoms with Crippen LogP contribution in [0.25, 0.3) is 0 Å². The van der Waals surface area contributed by atoms with Crippen molar-refractivity contribution in [2.45, 2.75) is 13.5 Å². The standard InChI is InChI=1S/C17H15N3O/c1-12-3-4-14(10-19)8-16(12)20-11-15-7-13(9-18)5-6-17(15)21-2/h3-8,20H,11H2,1-2H3. The molecule has 0 heterocycles. The first-order valence-electron chi connectivity index (χ1n) is 6.49. The van der Waals surface area contributed by atoms with E-state index in [0.717, 1.165) is 22.6 Å². The van der Waals surface area contributed by atoms with E-state index in [0.29, 0.717) is 17.7 Å². The van der Waals surface area contributed by atoms with Crippen LogP contribution in [0.3, 0.4) is 0 Å². The maximum Gasteiger partial charge on any atom is 0.123 e. The SMILES string of the molecule is COc1ccc(C#N)cc1CNc1cc(C#N)ccc1C. The topological polar surface area (TPSA) is 68.8 Å². The van der Waals surface area contributed by atoms with Gasteiger partial charge >= 0.3 is 0 Å². The summed E-state index contributed by atoms with van der Waals surface area (Å²) >= 11 is 0. The van der Waals surface area contributed by atoms with Gasteiger partial charge in [-0.25, -0.2) is 0 Å². The quantitative estimate of drug-likeness (QED) is 0.930. The number of methoxy groups -OCH3 is 1. The van der Waals surface area contributed by atoms with Crippen molar-refractivity contribution < 1.29 is 4.74 Å². The zero-order valence-corrected chi connectivity index (χ0v) is 12.0. The van der Waals surface area contributed by atoms with Crippen LogP contribution in [0.4, 0.5) is 5.69 Å². The highest BCUT2D eigenvalue weighted by molar-refractivity contribution is 5.56. The van der Waals surface area contributed by atoms with E-state index in [2.05, 4.69) is 17.5 Å². The van der Waals surface area contributed by atoms with Gasteiger partial charge in [0.05, 0.1) is 30.4 Å². The van der Waals surface area contributed by atoms with Gasteiger partial charge in [-0.3, -0.25) is 0 Å². The van der Waals surface area contributed by atoms with E-state index in [1.165, 1.54) is 0 Å². The normalized spacial score (nSPS) is 9.52. The van der Waals surface area contributed by atoms with Gasteiger partial charge in [-0.1, -0.05) is 6.07 Å². The lowest BCUT2D eigenvalue weighted by molar-refractivity contribution is 0.410. The van der Waals surface area contributed by atoms with Crippen molar-refractivity contribution in [1.29, 1.82) is 10.5 Å². The summed E-state index contributed by atoms with van der Waals surface area (Å²) in [6.07, 6.45) is 0. The number of nitrogens with one attached hydrogen (secondary N) is 1. The molecule has 104 valence electrons. The van der Waals surface area contributed by atoms with Crippen LogP contribution in [0.1, 0.15) is 22.3 Å². The molecule has 2 aromatic carbocycles. The molecule has 1 N–H and O–H groups in total. The smallest absolute Gasteiger partial charge is 0.123 e. The molecular formula is C17H15N3O. The average molecular weight is 277 g/mol. The van der Waals surface area contributed by atoms with Crippen molar-refractivity contribution in [3.63, 3.8) is 0 Å². The summed E-state index contributed by atoms with van der Waals surface area (Å²) < 4.78 is 5.31. The predicted octanol–water partition coefficient (Wildman–Crippen LogP) is 3.36. The van der Waals surface area contributed by atoms with Crippen LogP contribution in [0.15, 0.2) is 36.4 Å². The lowest BCUT2D eigenvalue weighted by Gasteiger charge is -2.13. The van der Waals surface area contributed by atoms with E-state index in [1.807, 2.05) is 19.1 Å². The Morgan fingerprint density at radius 1 is 1.05 bits per heavy atom. The van der Waals surface area contributed by atoms with Gasteiger partial charge in [0.2, 0.25) is 0 Å². The third kappa shape index (κ3) is 3.32. The molecule has 4 heteroatoms. The second kappa shape index (κ2) is 6.45. The molecule has 0 saturated carbocycles. The largest absolute Gasteiger partial charge is 0.496 e. The van der Waals surface area contributed by atoms with Gasteiger partial charge in [0.25, 0.3) is 0 Å². The van der Waals surface area contributed by atoms with Crippen molar-refractivity contribution in [2.24, 2.45) is 0 Å². The minimum absolute atomic E-state index is 0.522. The van der Waals surface area contributed by atoms with Crippen molar-refractivity contribution in [1.82, 2.24) is 0 Å². The Labute approximate surface area is 124 Å². The second-order valence-corrected chi connectivity index (χ2v) is 4.63. The number of benzene rings is 2.